The number of carbonyl (C=O) groups is 1. The van der Waals surface area contributed by atoms with E-state index in [0.29, 0.717) is 12.5 Å². The summed E-state index contributed by atoms with van der Waals surface area (Å²) in [5, 5.41) is 0. The maximum Gasteiger partial charge on any atom is 0.162 e. The molecule has 0 amide bonds. The molecule has 1 aromatic rings. The number of Topliss-reactive ketones (excluding diaryl/α,β-unsaturated/α-hetero) is 1. The van der Waals surface area contributed by atoms with E-state index in [2.05, 4.69) is 15.9 Å². The quantitative estimate of drug-likeness (QED) is 0.758. The number of halogens is 1. The molecule has 2 nitrogen and oxygen atoms in total. The van der Waals surface area contributed by atoms with E-state index in [0.717, 1.165) is 41.5 Å². The Kier molecular flexibility index (Phi) is 4.95. The molecule has 1 aromatic carbocycles. The van der Waals surface area contributed by atoms with E-state index >= 15 is 0 Å². The van der Waals surface area contributed by atoms with E-state index in [9.17, 15) is 4.79 Å². The Balaban J connectivity index is 1.81. The first-order valence-corrected chi connectivity index (χ1v) is 7.37. The van der Waals surface area contributed by atoms with Gasteiger partial charge >= 0.3 is 0 Å². The molecule has 2 rings (SSSR count). The van der Waals surface area contributed by atoms with E-state index in [1.807, 2.05) is 25.1 Å². The summed E-state index contributed by atoms with van der Waals surface area (Å²) in [6, 6.07) is 5.82. The first-order chi connectivity index (χ1) is 8.66. The first-order valence-electron chi connectivity index (χ1n) is 6.58. The van der Waals surface area contributed by atoms with Gasteiger partial charge in [-0.3, -0.25) is 4.79 Å². The molecule has 0 bridgehead atoms. The maximum absolute atomic E-state index is 12.0. The average molecular weight is 311 g/mol. The van der Waals surface area contributed by atoms with Crippen molar-refractivity contribution < 1.29 is 9.53 Å². The zero-order chi connectivity index (χ0) is 13.0. The third kappa shape index (κ3) is 3.66. The Labute approximate surface area is 117 Å². The van der Waals surface area contributed by atoms with Crippen LogP contribution < -0.4 is 0 Å². The van der Waals surface area contributed by atoms with Crippen LogP contribution in [0, 0.1) is 6.92 Å². The van der Waals surface area contributed by atoms with Crippen LogP contribution in [0.25, 0.3) is 0 Å². The Morgan fingerprint density at radius 2 is 2.33 bits per heavy atom. The number of carbonyl (C=O) groups excluding carboxylic acids is 1. The molecule has 18 heavy (non-hydrogen) atoms. The van der Waals surface area contributed by atoms with Gasteiger partial charge in [0.2, 0.25) is 0 Å². The van der Waals surface area contributed by atoms with Gasteiger partial charge in [0, 0.05) is 23.1 Å². The zero-order valence-corrected chi connectivity index (χ0v) is 12.3. The summed E-state index contributed by atoms with van der Waals surface area (Å²) in [6.07, 6.45) is 5.28. The topological polar surface area (TPSA) is 26.3 Å². The molecule has 1 aliphatic heterocycles. The fourth-order valence-corrected chi connectivity index (χ4v) is 2.65. The van der Waals surface area contributed by atoms with Crippen molar-refractivity contribution in [1.29, 1.82) is 0 Å². The van der Waals surface area contributed by atoms with Crippen LogP contribution in [0.15, 0.2) is 22.7 Å². The fraction of sp³-hybridized carbons (Fsp3) is 0.533. The normalized spacial score (nSPS) is 19.1. The highest BCUT2D eigenvalue weighted by molar-refractivity contribution is 9.10. The summed E-state index contributed by atoms with van der Waals surface area (Å²) in [4.78, 5) is 12.0. The second-order valence-corrected chi connectivity index (χ2v) is 5.77. The summed E-state index contributed by atoms with van der Waals surface area (Å²) >= 11 is 3.46. The van der Waals surface area contributed by atoms with E-state index < -0.39 is 0 Å². The van der Waals surface area contributed by atoms with Crippen molar-refractivity contribution >= 4 is 21.7 Å². The number of hydrogen-bond acceptors (Lipinski definition) is 2. The van der Waals surface area contributed by atoms with Gasteiger partial charge < -0.3 is 4.74 Å². The van der Waals surface area contributed by atoms with Crippen LogP contribution in [0.2, 0.25) is 0 Å². The minimum Gasteiger partial charge on any atom is -0.378 e. The minimum absolute atomic E-state index is 0.230. The predicted molar refractivity (Wildman–Crippen MR) is 76.0 cm³/mol. The molecule has 1 saturated heterocycles. The van der Waals surface area contributed by atoms with Gasteiger partial charge in [0.05, 0.1) is 6.10 Å². The fourth-order valence-electron chi connectivity index (χ4n) is 2.27. The van der Waals surface area contributed by atoms with Crippen LogP contribution in [0.4, 0.5) is 0 Å². The maximum atomic E-state index is 12.0. The van der Waals surface area contributed by atoms with Gasteiger partial charge in [-0.15, -0.1) is 0 Å². The van der Waals surface area contributed by atoms with Gasteiger partial charge in [-0.2, -0.15) is 0 Å². The largest absolute Gasteiger partial charge is 0.378 e. The second-order valence-electron chi connectivity index (χ2n) is 4.91. The molecule has 1 fully saturated rings. The predicted octanol–water partition coefficient (Wildman–Crippen LogP) is 4.29. The van der Waals surface area contributed by atoms with Crippen LogP contribution in [0.3, 0.4) is 0 Å². The zero-order valence-electron chi connectivity index (χ0n) is 10.7. The molecule has 0 saturated carbocycles. The summed E-state index contributed by atoms with van der Waals surface area (Å²) in [7, 11) is 0. The van der Waals surface area contributed by atoms with E-state index in [4.69, 9.17) is 4.74 Å². The van der Waals surface area contributed by atoms with Crippen molar-refractivity contribution in [2.45, 2.75) is 45.1 Å². The summed E-state index contributed by atoms with van der Waals surface area (Å²) < 4.78 is 6.56. The molecule has 0 radical (unpaired) electrons. The summed E-state index contributed by atoms with van der Waals surface area (Å²) in [5.41, 5.74) is 1.96. The number of rotatable bonds is 5. The van der Waals surface area contributed by atoms with Gasteiger partial charge in [0.15, 0.2) is 5.78 Å². The number of ketones is 1. The molecule has 1 atom stereocenters. The third-order valence-corrected chi connectivity index (χ3v) is 4.30. The van der Waals surface area contributed by atoms with Crippen molar-refractivity contribution in [3.63, 3.8) is 0 Å². The van der Waals surface area contributed by atoms with Crippen LogP contribution in [-0.4, -0.2) is 18.5 Å². The van der Waals surface area contributed by atoms with Gasteiger partial charge in [-0.05, 0) is 44.2 Å². The number of ether oxygens (including phenoxy) is 1. The minimum atomic E-state index is 0.230. The van der Waals surface area contributed by atoms with E-state index in [-0.39, 0.29) is 5.78 Å². The molecule has 1 unspecified atom stereocenters. The lowest BCUT2D eigenvalue weighted by Gasteiger charge is -2.08. The molecule has 1 heterocycles. The van der Waals surface area contributed by atoms with Gasteiger partial charge in [-0.1, -0.05) is 28.1 Å². The van der Waals surface area contributed by atoms with Gasteiger partial charge in [0.1, 0.15) is 0 Å². The average Bonchev–Trinajstić information content (AvgIpc) is 2.85. The van der Waals surface area contributed by atoms with Crippen LogP contribution in [0.5, 0.6) is 0 Å². The van der Waals surface area contributed by atoms with Gasteiger partial charge in [0.25, 0.3) is 0 Å². The standard InChI is InChI=1S/C15H19BrO2/c1-11-7-8-12(10-14(11)16)15(17)6-2-4-13-5-3-9-18-13/h7-8,10,13H,2-6,9H2,1H3. The van der Waals surface area contributed by atoms with Crippen LogP contribution >= 0.6 is 15.9 Å². The first kappa shape index (κ1) is 13.8. The molecule has 3 heteroatoms. The van der Waals surface area contributed by atoms with E-state index in [1.165, 1.54) is 6.42 Å². The molecule has 0 spiro atoms. The molecular formula is C15H19BrO2. The monoisotopic (exact) mass is 310 g/mol. The summed E-state index contributed by atoms with van der Waals surface area (Å²) in [5.74, 6) is 0.230. The molecular weight excluding hydrogens is 292 g/mol. The Morgan fingerprint density at radius 1 is 1.50 bits per heavy atom. The number of hydrogen-bond donors (Lipinski definition) is 0. The van der Waals surface area contributed by atoms with Crippen molar-refractivity contribution in [2.75, 3.05) is 6.61 Å². The van der Waals surface area contributed by atoms with Crippen molar-refractivity contribution in [3.05, 3.63) is 33.8 Å². The van der Waals surface area contributed by atoms with Crippen molar-refractivity contribution in [3.8, 4) is 0 Å². The molecule has 1 aliphatic rings. The Bertz CT molecular complexity index is 423. The third-order valence-electron chi connectivity index (χ3n) is 3.45. The highest BCUT2D eigenvalue weighted by Gasteiger charge is 2.15. The number of aryl methyl sites for hydroxylation is 1. The van der Waals surface area contributed by atoms with E-state index in [1.54, 1.807) is 0 Å². The SMILES string of the molecule is Cc1ccc(C(=O)CCCC2CCCO2)cc1Br. The number of benzene rings is 1. The highest BCUT2D eigenvalue weighted by Crippen LogP contribution is 2.21. The Morgan fingerprint density at radius 3 is 3.00 bits per heavy atom. The smallest absolute Gasteiger partial charge is 0.162 e. The van der Waals surface area contributed by atoms with Crippen LogP contribution in [-0.2, 0) is 4.74 Å². The summed E-state index contributed by atoms with van der Waals surface area (Å²) in [6.45, 7) is 2.92. The molecule has 0 N–H and O–H groups in total. The lowest BCUT2D eigenvalue weighted by Crippen LogP contribution is -2.06. The molecule has 0 aromatic heterocycles. The van der Waals surface area contributed by atoms with Crippen molar-refractivity contribution in [1.82, 2.24) is 0 Å². The molecule has 0 aliphatic carbocycles. The molecule has 98 valence electrons. The lowest BCUT2D eigenvalue weighted by molar-refractivity contribution is 0.0922. The van der Waals surface area contributed by atoms with Gasteiger partial charge in [-0.25, -0.2) is 0 Å². The van der Waals surface area contributed by atoms with Crippen molar-refractivity contribution in [2.24, 2.45) is 0 Å². The second kappa shape index (κ2) is 6.48. The Hall–Kier alpha value is -0.670. The van der Waals surface area contributed by atoms with Crippen LogP contribution in [0.1, 0.15) is 48.0 Å². The highest BCUT2D eigenvalue weighted by atomic mass is 79.9. The lowest BCUT2D eigenvalue weighted by atomic mass is 10.0.